The molecular formula is C17H20N6O. The lowest BCUT2D eigenvalue weighted by Crippen LogP contribution is -2.15. The molecule has 0 aliphatic heterocycles. The van der Waals surface area contributed by atoms with Gasteiger partial charge in [0, 0.05) is 31.1 Å². The average molecular weight is 324 g/mol. The highest BCUT2D eigenvalue weighted by Crippen LogP contribution is 2.27. The average Bonchev–Trinajstić information content (AvgIpc) is 3.19. The summed E-state index contributed by atoms with van der Waals surface area (Å²) < 4.78 is 3.43. The van der Waals surface area contributed by atoms with Gasteiger partial charge in [0.2, 0.25) is 5.91 Å². The van der Waals surface area contributed by atoms with Gasteiger partial charge in [-0.25, -0.2) is 4.98 Å². The molecule has 0 radical (unpaired) electrons. The minimum atomic E-state index is -0.0270. The number of aryl methyl sites for hydroxylation is 2. The van der Waals surface area contributed by atoms with Gasteiger partial charge in [-0.3, -0.25) is 14.2 Å². The molecule has 1 amide bonds. The molecule has 0 saturated carbocycles. The molecule has 0 aliphatic carbocycles. The number of hydrogen-bond donors (Lipinski definition) is 1. The Morgan fingerprint density at radius 1 is 1.25 bits per heavy atom. The zero-order chi connectivity index (χ0) is 16.9. The van der Waals surface area contributed by atoms with Gasteiger partial charge in [0.1, 0.15) is 18.5 Å². The van der Waals surface area contributed by atoms with Crippen molar-refractivity contribution >= 4 is 11.7 Å². The van der Waals surface area contributed by atoms with Gasteiger partial charge in [-0.15, -0.1) is 0 Å². The molecule has 0 aliphatic rings. The Morgan fingerprint density at radius 2 is 2.04 bits per heavy atom. The molecule has 0 saturated heterocycles. The lowest BCUT2D eigenvalue weighted by atomic mass is 10.1. The molecule has 24 heavy (non-hydrogen) atoms. The zero-order valence-corrected chi connectivity index (χ0v) is 13.8. The molecule has 7 nitrogen and oxygen atoms in total. The summed E-state index contributed by atoms with van der Waals surface area (Å²) in [7, 11) is 1.84. The number of hydrogen-bond acceptors (Lipinski definition) is 4. The molecule has 1 N–H and O–H groups in total. The maximum Gasteiger partial charge on any atom is 0.225 e. The minimum absolute atomic E-state index is 0.0270. The van der Waals surface area contributed by atoms with Crippen molar-refractivity contribution in [1.82, 2.24) is 24.5 Å². The molecule has 2 heterocycles. The third-order valence-corrected chi connectivity index (χ3v) is 3.85. The van der Waals surface area contributed by atoms with Crippen LogP contribution in [0.3, 0.4) is 0 Å². The van der Waals surface area contributed by atoms with E-state index < -0.39 is 0 Å². The summed E-state index contributed by atoms with van der Waals surface area (Å²) in [5.74, 6) is 0.709. The maximum absolute atomic E-state index is 12.2. The fourth-order valence-corrected chi connectivity index (χ4v) is 2.62. The Bertz CT molecular complexity index is 807. The molecule has 124 valence electrons. The molecule has 2 aromatic heterocycles. The summed E-state index contributed by atoms with van der Waals surface area (Å²) in [6.45, 7) is 2.65. The SMILES string of the molecule is Cc1c(-c2ccccc2)nn(C)c1NC(=O)CCCn1cncn1. The smallest absolute Gasteiger partial charge is 0.225 e. The molecule has 0 bridgehead atoms. The molecule has 0 atom stereocenters. The van der Waals surface area contributed by atoms with Crippen LogP contribution in [0.4, 0.5) is 5.82 Å². The second-order valence-corrected chi connectivity index (χ2v) is 5.62. The highest BCUT2D eigenvalue weighted by Gasteiger charge is 2.15. The van der Waals surface area contributed by atoms with Crippen LogP contribution in [0, 0.1) is 6.92 Å². The molecule has 0 spiro atoms. The zero-order valence-electron chi connectivity index (χ0n) is 13.8. The van der Waals surface area contributed by atoms with Crippen molar-refractivity contribution < 1.29 is 4.79 Å². The number of benzene rings is 1. The van der Waals surface area contributed by atoms with Crippen molar-refractivity contribution in [1.29, 1.82) is 0 Å². The first-order valence-electron chi connectivity index (χ1n) is 7.86. The second-order valence-electron chi connectivity index (χ2n) is 5.62. The summed E-state index contributed by atoms with van der Waals surface area (Å²) >= 11 is 0. The quantitative estimate of drug-likeness (QED) is 0.755. The van der Waals surface area contributed by atoms with Crippen LogP contribution in [0.25, 0.3) is 11.3 Å². The topological polar surface area (TPSA) is 77.6 Å². The number of carbonyl (C=O) groups excluding carboxylic acids is 1. The van der Waals surface area contributed by atoms with Crippen LogP contribution in [0.1, 0.15) is 18.4 Å². The fraction of sp³-hybridized carbons (Fsp3) is 0.294. The Kier molecular flexibility index (Phi) is 4.69. The molecular weight excluding hydrogens is 304 g/mol. The molecule has 3 aromatic rings. The van der Waals surface area contributed by atoms with Gasteiger partial charge in [-0.1, -0.05) is 30.3 Å². The van der Waals surface area contributed by atoms with Crippen molar-refractivity contribution in [2.24, 2.45) is 7.05 Å². The van der Waals surface area contributed by atoms with Crippen LogP contribution in [0.5, 0.6) is 0 Å². The van der Waals surface area contributed by atoms with Gasteiger partial charge in [0.25, 0.3) is 0 Å². The molecule has 3 rings (SSSR count). The van der Waals surface area contributed by atoms with E-state index in [1.165, 1.54) is 6.33 Å². The first-order chi connectivity index (χ1) is 11.6. The summed E-state index contributed by atoms with van der Waals surface area (Å²) in [6, 6.07) is 9.95. The predicted molar refractivity (Wildman–Crippen MR) is 91.3 cm³/mol. The van der Waals surface area contributed by atoms with Gasteiger partial charge >= 0.3 is 0 Å². The van der Waals surface area contributed by atoms with E-state index in [0.29, 0.717) is 19.4 Å². The fourth-order valence-electron chi connectivity index (χ4n) is 2.62. The Balaban J connectivity index is 1.64. The lowest BCUT2D eigenvalue weighted by molar-refractivity contribution is -0.116. The van der Waals surface area contributed by atoms with Crippen molar-refractivity contribution in [2.45, 2.75) is 26.3 Å². The van der Waals surface area contributed by atoms with E-state index in [1.54, 1.807) is 15.7 Å². The standard InChI is InChI=1S/C17H20N6O/c1-13-16(14-7-4-3-5-8-14)21-22(2)17(13)20-15(24)9-6-10-23-12-18-11-19-23/h3-5,7-8,11-12H,6,9-10H2,1-2H3,(H,20,24). The largest absolute Gasteiger partial charge is 0.311 e. The van der Waals surface area contributed by atoms with Gasteiger partial charge in [0.05, 0.1) is 5.69 Å². The first-order valence-corrected chi connectivity index (χ1v) is 7.86. The number of carbonyl (C=O) groups is 1. The van der Waals surface area contributed by atoms with Gasteiger partial charge in [0.15, 0.2) is 0 Å². The summed E-state index contributed by atoms with van der Waals surface area (Å²) in [5.41, 5.74) is 2.89. The molecule has 0 fully saturated rings. The normalized spacial score (nSPS) is 10.8. The Labute approximate surface area is 140 Å². The van der Waals surface area contributed by atoms with E-state index >= 15 is 0 Å². The van der Waals surface area contributed by atoms with Crippen molar-refractivity contribution in [3.8, 4) is 11.3 Å². The molecule has 0 unspecified atom stereocenters. The lowest BCUT2D eigenvalue weighted by Gasteiger charge is -2.07. The van der Waals surface area contributed by atoms with Crippen LogP contribution in [-0.4, -0.2) is 30.5 Å². The number of anilines is 1. The number of nitrogens with zero attached hydrogens (tertiary/aromatic N) is 5. The van der Waals surface area contributed by atoms with E-state index in [0.717, 1.165) is 22.6 Å². The van der Waals surface area contributed by atoms with Gasteiger partial charge in [-0.2, -0.15) is 10.2 Å². The molecule has 7 heteroatoms. The first kappa shape index (κ1) is 15.9. The van der Waals surface area contributed by atoms with Crippen LogP contribution < -0.4 is 5.32 Å². The van der Waals surface area contributed by atoms with Crippen LogP contribution in [0.15, 0.2) is 43.0 Å². The number of nitrogens with one attached hydrogen (secondary N) is 1. The minimum Gasteiger partial charge on any atom is -0.311 e. The van der Waals surface area contributed by atoms with E-state index in [-0.39, 0.29) is 5.91 Å². The molecule has 1 aromatic carbocycles. The van der Waals surface area contributed by atoms with Gasteiger partial charge in [-0.05, 0) is 13.3 Å². The van der Waals surface area contributed by atoms with E-state index in [1.807, 2.05) is 44.3 Å². The van der Waals surface area contributed by atoms with Crippen LogP contribution >= 0.6 is 0 Å². The highest BCUT2D eigenvalue weighted by molar-refractivity contribution is 5.91. The summed E-state index contributed by atoms with van der Waals surface area (Å²) in [4.78, 5) is 16.1. The second kappa shape index (κ2) is 7.08. The van der Waals surface area contributed by atoms with Gasteiger partial charge < -0.3 is 5.32 Å². The van der Waals surface area contributed by atoms with E-state index in [2.05, 4.69) is 20.5 Å². The maximum atomic E-state index is 12.2. The number of amides is 1. The third-order valence-electron chi connectivity index (χ3n) is 3.85. The predicted octanol–water partition coefficient (Wildman–Crippen LogP) is 2.41. The summed E-state index contributed by atoms with van der Waals surface area (Å²) in [6.07, 6.45) is 4.27. The summed E-state index contributed by atoms with van der Waals surface area (Å²) in [5, 5.41) is 11.5. The van der Waals surface area contributed by atoms with E-state index in [9.17, 15) is 4.79 Å². The Hall–Kier alpha value is -2.96. The van der Waals surface area contributed by atoms with Crippen molar-refractivity contribution in [2.75, 3.05) is 5.32 Å². The Morgan fingerprint density at radius 3 is 2.75 bits per heavy atom. The number of aromatic nitrogens is 5. The van der Waals surface area contributed by atoms with Crippen LogP contribution in [0.2, 0.25) is 0 Å². The highest BCUT2D eigenvalue weighted by atomic mass is 16.1. The van der Waals surface area contributed by atoms with Crippen LogP contribution in [-0.2, 0) is 18.4 Å². The monoisotopic (exact) mass is 324 g/mol. The van der Waals surface area contributed by atoms with E-state index in [4.69, 9.17) is 0 Å². The number of rotatable bonds is 6. The van der Waals surface area contributed by atoms with Crippen molar-refractivity contribution in [3.05, 3.63) is 48.5 Å². The third kappa shape index (κ3) is 3.51. The van der Waals surface area contributed by atoms with Crippen molar-refractivity contribution in [3.63, 3.8) is 0 Å².